The van der Waals surface area contributed by atoms with Crippen LogP contribution in [0.5, 0.6) is 0 Å². The van der Waals surface area contributed by atoms with Gasteiger partial charge in [0.1, 0.15) is 18.4 Å². The summed E-state index contributed by atoms with van der Waals surface area (Å²) in [5.41, 5.74) is 0.141. The Morgan fingerprint density at radius 3 is 2.78 bits per heavy atom. The molecule has 2 aromatic heterocycles. The number of nitrogens with zero attached hydrogens (tertiary/aromatic N) is 3. The number of aliphatic hydroxyl groups excluding tert-OH is 1. The standard InChI is InChI=1S/C21H23N5O6/c1-11(2)18(28)24-21-23-17-16(19(29)25-21)22-10-26(17)15-8-13(14(9-27)31-15)32-20(30)12-6-4-3-5-7-12/h3-7,10-11,13-15,27H,8-9H2,1-2H3,(H2,23,24,25,28,29)/t13-,14+,15-/m0/s1. The van der Waals surface area contributed by atoms with E-state index >= 15 is 0 Å². The van der Waals surface area contributed by atoms with Crippen molar-refractivity contribution in [2.24, 2.45) is 5.92 Å². The van der Waals surface area contributed by atoms with Gasteiger partial charge in [0.05, 0.1) is 18.5 Å². The molecule has 4 rings (SSSR count). The fraction of sp³-hybridized carbons (Fsp3) is 0.381. The van der Waals surface area contributed by atoms with E-state index in [2.05, 4.69) is 20.3 Å². The van der Waals surface area contributed by atoms with E-state index < -0.39 is 30.0 Å². The first kappa shape index (κ1) is 21.7. The minimum atomic E-state index is -0.757. The summed E-state index contributed by atoms with van der Waals surface area (Å²) in [5, 5.41) is 12.3. The minimum absolute atomic E-state index is 0.00768. The molecule has 0 radical (unpaired) electrons. The zero-order chi connectivity index (χ0) is 22.8. The summed E-state index contributed by atoms with van der Waals surface area (Å²) in [5.74, 6) is -1.14. The number of carbonyl (C=O) groups is 2. The van der Waals surface area contributed by atoms with Crippen molar-refractivity contribution in [3.8, 4) is 0 Å². The number of carbonyl (C=O) groups excluding carboxylic acids is 2. The zero-order valence-corrected chi connectivity index (χ0v) is 17.5. The molecule has 1 aromatic carbocycles. The minimum Gasteiger partial charge on any atom is -0.456 e. The highest BCUT2D eigenvalue weighted by atomic mass is 16.6. The van der Waals surface area contributed by atoms with Crippen molar-refractivity contribution in [1.82, 2.24) is 19.5 Å². The van der Waals surface area contributed by atoms with Gasteiger partial charge in [-0.15, -0.1) is 0 Å². The molecule has 3 atom stereocenters. The highest BCUT2D eigenvalue weighted by Gasteiger charge is 2.39. The highest BCUT2D eigenvalue weighted by molar-refractivity contribution is 5.91. The maximum atomic E-state index is 12.4. The molecular weight excluding hydrogens is 418 g/mol. The van der Waals surface area contributed by atoms with Crippen LogP contribution in [0.25, 0.3) is 11.2 Å². The quantitative estimate of drug-likeness (QED) is 0.484. The first-order chi connectivity index (χ1) is 15.4. The number of aromatic amines is 1. The Morgan fingerprint density at radius 1 is 1.34 bits per heavy atom. The molecule has 3 aromatic rings. The van der Waals surface area contributed by atoms with Crippen LogP contribution in [0.15, 0.2) is 41.5 Å². The van der Waals surface area contributed by atoms with Crippen LogP contribution in [0.4, 0.5) is 5.95 Å². The topological polar surface area (TPSA) is 148 Å². The summed E-state index contributed by atoms with van der Waals surface area (Å²) in [7, 11) is 0. The second kappa shape index (κ2) is 8.89. The van der Waals surface area contributed by atoms with Gasteiger partial charge in [0.25, 0.3) is 5.56 Å². The molecule has 0 spiro atoms. The van der Waals surface area contributed by atoms with Crippen LogP contribution in [0, 0.1) is 5.92 Å². The zero-order valence-electron chi connectivity index (χ0n) is 17.5. The Labute approximate surface area is 182 Å². The number of imidazole rings is 1. The number of aromatic nitrogens is 4. The Morgan fingerprint density at radius 2 is 2.09 bits per heavy atom. The van der Waals surface area contributed by atoms with E-state index in [-0.39, 0.29) is 42.0 Å². The number of rotatable bonds is 6. The number of ether oxygens (including phenoxy) is 2. The van der Waals surface area contributed by atoms with Crippen molar-refractivity contribution in [1.29, 1.82) is 0 Å². The van der Waals surface area contributed by atoms with Gasteiger partial charge in [0.2, 0.25) is 11.9 Å². The summed E-state index contributed by atoms with van der Waals surface area (Å²) < 4.78 is 13.0. The number of aliphatic hydroxyl groups is 1. The van der Waals surface area contributed by atoms with Crippen LogP contribution < -0.4 is 10.9 Å². The monoisotopic (exact) mass is 441 g/mol. The molecule has 0 unspecified atom stereocenters. The second-order valence-electron chi connectivity index (χ2n) is 7.74. The Hall–Kier alpha value is -3.57. The maximum absolute atomic E-state index is 12.4. The number of amides is 1. The summed E-state index contributed by atoms with van der Waals surface area (Å²) >= 11 is 0. The molecule has 1 amide bonds. The molecule has 11 nitrogen and oxygen atoms in total. The lowest BCUT2D eigenvalue weighted by molar-refractivity contribution is -0.118. The normalized spacial score (nSPS) is 20.6. The molecule has 1 fully saturated rings. The van der Waals surface area contributed by atoms with Gasteiger partial charge in [-0.05, 0) is 12.1 Å². The summed E-state index contributed by atoms with van der Waals surface area (Å²) in [6.07, 6.45) is -0.544. The molecule has 32 heavy (non-hydrogen) atoms. The van der Waals surface area contributed by atoms with Crippen LogP contribution in [0.1, 0.15) is 36.9 Å². The highest BCUT2D eigenvalue weighted by Crippen LogP contribution is 2.32. The summed E-state index contributed by atoms with van der Waals surface area (Å²) in [4.78, 5) is 47.7. The Bertz CT molecular complexity index is 1190. The van der Waals surface area contributed by atoms with Gasteiger partial charge in [-0.25, -0.2) is 9.78 Å². The van der Waals surface area contributed by atoms with Gasteiger partial charge in [0, 0.05) is 12.3 Å². The van der Waals surface area contributed by atoms with Gasteiger partial charge in [-0.2, -0.15) is 4.98 Å². The van der Waals surface area contributed by atoms with Gasteiger partial charge >= 0.3 is 5.97 Å². The lowest BCUT2D eigenvalue weighted by Gasteiger charge is -2.16. The SMILES string of the molecule is CC(C)C(=O)Nc1nc2c(ncn2[C@@H]2C[C@H](OC(=O)c3ccccc3)[C@@H](CO)O2)c(=O)[nH]1. The molecule has 0 saturated carbocycles. The molecule has 3 N–H and O–H groups in total. The maximum Gasteiger partial charge on any atom is 0.338 e. The molecule has 3 heterocycles. The largest absolute Gasteiger partial charge is 0.456 e. The van der Waals surface area contributed by atoms with E-state index in [1.54, 1.807) is 44.2 Å². The molecule has 0 aliphatic carbocycles. The van der Waals surface area contributed by atoms with Crippen LogP contribution in [-0.4, -0.2) is 55.3 Å². The number of hydrogen-bond donors (Lipinski definition) is 3. The van der Waals surface area contributed by atoms with E-state index in [0.717, 1.165) is 0 Å². The van der Waals surface area contributed by atoms with E-state index in [9.17, 15) is 19.5 Å². The van der Waals surface area contributed by atoms with Crippen LogP contribution >= 0.6 is 0 Å². The number of anilines is 1. The van der Waals surface area contributed by atoms with Gasteiger partial charge < -0.3 is 14.6 Å². The fourth-order valence-electron chi connectivity index (χ4n) is 3.40. The number of nitrogens with one attached hydrogen (secondary N) is 2. The molecule has 11 heteroatoms. The van der Waals surface area contributed by atoms with Crippen LogP contribution in [-0.2, 0) is 14.3 Å². The predicted octanol–water partition coefficient (Wildman–Crippen LogP) is 1.22. The third kappa shape index (κ3) is 4.25. The number of benzene rings is 1. The van der Waals surface area contributed by atoms with E-state index in [4.69, 9.17) is 9.47 Å². The number of hydrogen-bond acceptors (Lipinski definition) is 8. The summed E-state index contributed by atoms with van der Waals surface area (Å²) in [6.45, 7) is 3.07. The number of fused-ring (bicyclic) bond motifs is 1. The van der Waals surface area contributed by atoms with Crippen molar-refractivity contribution in [3.05, 3.63) is 52.6 Å². The first-order valence-corrected chi connectivity index (χ1v) is 10.2. The molecular formula is C21H23N5O6. The molecule has 168 valence electrons. The second-order valence-corrected chi connectivity index (χ2v) is 7.74. The van der Waals surface area contributed by atoms with Crippen molar-refractivity contribution in [2.75, 3.05) is 11.9 Å². The molecule has 1 aliphatic heterocycles. The van der Waals surface area contributed by atoms with Crippen LogP contribution in [0.3, 0.4) is 0 Å². The van der Waals surface area contributed by atoms with Crippen molar-refractivity contribution < 1.29 is 24.2 Å². The molecule has 1 saturated heterocycles. The fourth-order valence-corrected chi connectivity index (χ4v) is 3.40. The Balaban J connectivity index is 1.58. The Kier molecular flexibility index (Phi) is 6.01. The average Bonchev–Trinajstić information content (AvgIpc) is 3.38. The van der Waals surface area contributed by atoms with E-state index in [1.807, 2.05) is 0 Å². The smallest absolute Gasteiger partial charge is 0.338 e. The van der Waals surface area contributed by atoms with Gasteiger partial charge in [0.15, 0.2) is 11.2 Å². The van der Waals surface area contributed by atoms with Crippen molar-refractivity contribution >= 4 is 29.0 Å². The predicted molar refractivity (Wildman–Crippen MR) is 113 cm³/mol. The third-order valence-corrected chi connectivity index (χ3v) is 5.14. The lowest BCUT2D eigenvalue weighted by atomic mass is 10.1. The van der Waals surface area contributed by atoms with Gasteiger partial charge in [-0.1, -0.05) is 32.0 Å². The lowest BCUT2D eigenvalue weighted by Crippen LogP contribution is -2.30. The molecule has 1 aliphatic rings. The third-order valence-electron chi connectivity index (χ3n) is 5.14. The summed E-state index contributed by atoms with van der Waals surface area (Å²) in [6, 6.07) is 8.51. The average molecular weight is 441 g/mol. The van der Waals surface area contributed by atoms with Crippen LogP contribution in [0.2, 0.25) is 0 Å². The van der Waals surface area contributed by atoms with E-state index in [0.29, 0.717) is 5.56 Å². The van der Waals surface area contributed by atoms with Gasteiger partial charge in [-0.3, -0.25) is 24.5 Å². The first-order valence-electron chi connectivity index (χ1n) is 10.2. The van der Waals surface area contributed by atoms with Crippen molar-refractivity contribution in [2.45, 2.75) is 38.7 Å². The van der Waals surface area contributed by atoms with E-state index in [1.165, 1.54) is 10.9 Å². The van der Waals surface area contributed by atoms with Crippen molar-refractivity contribution in [3.63, 3.8) is 0 Å². The molecule has 0 bridgehead atoms. The number of H-pyrrole nitrogens is 1. The number of esters is 1.